The molecule has 0 aliphatic heterocycles. The third-order valence-corrected chi connectivity index (χ3v) is 3.89. The fraction of sp³-hybridized carbons (Fsp3) is 0.167. The Morgan fingerprint density at radius 1 is 1.04 bits per heavy atom. The summed E-state index contributed by atoms with van der Waals surface area (Å²) in [5.41, 5.74) is 1.64. The first-order valence-corrected chi connectivity index (χ1v) is 7.17. The number of hydrogen-bond acceptors (Lipinski definition) is 1. The molecule has 0 bridgehead atoms. The Kier molecular flexibility index (Phi) is 3.72. The minimum atomic E-state index is -1.50. The van der Waals surface area contributed by atoms with Crippen molar-refractivity contribution in [2.75, 3.05) is 0 Å². The summed E-state index contributed by atoms with van der Waals surface area (Å²) in [4.78, 5) is 11.3. The standard InChI is InChI=1S/C18H14F3NO/c1-10(2)22-8-12(9-23)14-7-11(3-6-16(14)22)13-4-5-15(19)18(21)17(13)20/h3-10H,1-2H3. The molecule has 0 saturated heterocycles. The van der Waals surface area contributed by atoms with E-state index in [0.717, 1.165) is 17.9 Å². The molecule has 0 atom stereocenters. The van der Waals surface area contributed by atoms with Crippen molar-refractivity contribution in [3.05, 3.63) is 59.5 Å². The summed E-state index contributed by atoms with van der Waals surface area (Å²) in [6.45, 7) is 3.97. The van der Waals surface area contributed by atoms with E-state index in [0.29, 0.717) is 16.5 Å². The van der Waals surface area contributed by atoms with E-state index in [4.69, 9.17) is 0 Å². The van der Waals surface area contributed by atoms with Crippen molar-refractivity contribution >= 4 is 17.2 Å². The second-order valence-corrected chi connectivity index (χ2v) is 5.66. The van der Waals surface area contributed by atoms with E-state index >= 15 is 0 Å². The topological polar surface area (TPSA) is 22.0 Å². The van der Waals surface area contributed by atoms with E-state index in [9.17, 15) is 18.0 Å². The average molecular weight is 317 g/mol. The summed E-state index contributed by atoms with van der Waals surface area (Å²) in [5, 5.41) is 0.648. The molecule has 0 fully saturated rings. The molecule has 0 aliphatic rings. The SMILES string of the molecule is CC(C)n1cc(C=O)c2cc(-c3ccc(F)c(F)c3F)ccc21. The summed E-state index contributed by atoms with van der Waals surface area (Å²) in [5.74, 6) is -3.97. The normalized spacial score (nSPS) is 11.4. The van der Waals surface area contributed by atoms with Gasteiger partial charge in [0.15, 0.2) is 23.7 Å². The molecule has 2 nitrogen and oxygen atoms in total. The summed E-state index contributed by atoms with van der Waals surface area (Å²) in [7, 11) is 0. The Morgan fingerprint density at radius 3 is 2.43 bits per heavy atom. The van der Waals surface area contributed by atoms with Crippen LogP contribution < -0.4 is 0 Å². The molecule has 3 rings (SSSR count). The maximum Gasteiger partial charge on any atom is 0.195 e. The van der Waals surface area contributed by atoms with Crippen LogP contribution in [0, 0.1) is 17.5 Å². The van der Waals surface area contributed by atoms with Gasteiger partial charge < -0.3 is 4.57 Å². The highest BCUT2D eigenvalue weighted by atomic mass is 19.2. The van der Waals surface area contributed by atoms with Gasteiger partial charge in [0.25, 0.3) is 0 Å². The van der Waals surface area contributed by atoms with E-state index in [1.807, 2.05) is 18.4 Å². The first-order valence-electron chi connectivity index (χ1n) is 7.17. The van der Waals surface area contributed by atoms with Crippen LogP contribution in [0.15, 0.2) is 36.5 Å². The van der Waals surface area contributed by atoms with Gasteiger partial charge in [-0.1, -0.05) is 6.07 Å². The van der Waals surface area contributed by atoms with Crippen molar-refractivity contribution in [1.82, 2.24) is 4.57 Å². The van der Waals surface area contributed by atoms with Crippen LogP contribution in [-0.4, -0.2) is 10.9 Å². The third-order valence-electron chi connectivity index (χ3n) is 3.89. The molecule has 0 amide bonds. The fourth-order valence-electron chi connectivity index (χ4n) is 2.72. The lowest BCUT2D eigenvalue weighted by Gasteiger charge is -2.10. The first-order chi connectivity index (χ1) is 10.9. The highest BCUT2D eigenvalue weighted by Crippen LogP contribution is 2.31. The smallest absolute Gasteiger partial charge is 0.195 e. The van der Waals surface area contributed by atoms with E-state index in [1.54, 1.807) is 24.4 Å². The molecule has 118 valence electrons. The number of fused-ring (bicyclic) bond motifs is 1. The third kappa shape index (κ3) is 2.42. The van der Waals surface area contributed by atoms with Crippen molar-refractivity contribution in [3.63, 3.8) is 0 Å². The summed E-state index contributed by atoms with van der Waals surface area (Å²) >= 11 is 0. The number of aldehydes is 1. The number of rotatable bonds is 3. The highest BCUT2D eigenvalue weighted by molar-refractivity contribution is 5.99. The van der Waals surface area contributed by atoms with E-state index in [-0.39, 0.29) is 11.6 Å². The van der Waals surface area contributed by atoms with E-state index in [2.05, 4.69) is 0 Å². The largest absolute Gasteiger partial charge is 0.344 e. The van der Waals surface area contributed by atoms with Gasteiger partial charge in [0, 0.05) is 34.3 Å². The zero-order chi connectivity index (χ0) is 16.7. The molecular weight excluding hydrogens is 303 g/mol. The molecule has 0 spiro atoms. The molecule has 3 aromatic rings. The molecule has 0 unspecified atom stereocenters. The summed E-state index contributed by atoms with van der Waals surface area (Å²) < 4.78 is 42.4. The van der Waals surface area contributed by atoms with Gasteiger partial charge in [-0.25, -0.2) is 13.2 Å². The van der Waals surface area contributed by atoms with Crippen LogP contribution in [0.25, 0.3) is 22.0 Å². The average Bonchev–Trinajstić information content (AvgIpc) is 2.91. The van der Waals surface area contributed by atoms with Crippen LogP contribution in [-0.2, 0) is 0 Å². The van der Waals surface area contributed by atoms with Gasteiger partial charge >= 0.3 is 0 Å². The van der Waals surface area contributed by atoms with Gasteiger partial charge in [-0.2, -0.15) is 0 Å². The molecule has 1 heterocycles. The zero-order valence-corrected chi connectivity index (χ0v) is 12.6. The van der Waals surface area contributed by atoms with Gasteiger partial charge in [0.2, 0.25) is 0 Å². The van der Waals surface area contributed by atoms with Crippen molar-refractivity contribution in [3.8, 4) is 11.1 Å². The molecule has 5 heteroatoms. The number of carbonyl (C=O) groups excluding carboxylic acids is 1. The van der Waals surface area contributed by atoms with Gasteiger partial charge in [-0.3, -0.25) is 4.79 Å². The van der Waals surface area contributed by atoms with Crippen molar-refractivity contribution in [1.29, 1.82) is 0 Å². The summed E-state index contributed by atoms with van der Waals surface area (Å²) in [6.07, 6.45) is 2.46. The van der Waals surface area contributed by atoms with Crippen LogP contribution in [0.5, 0.6) is 0 Å². The number of carbonyl (C=O) groups is 1. The molecule has 2 aromatic carbocycles. The van der Waals surface area contributed by atoms with Crippen LogP contribution in [0.3, 0.4) is 0 Å². The zero-order valence-electron chi connectivity index (χ0n) is 12.6. The maximum absolute atomic E-state index is 14.0. The molecule has 1 aromatic heterocycles. The lowest BCUT2D eigenvalue weighted by atomic mass is 10.0. The summed E-state index contributed by atoms with van der Waals surface area (Å²) in [6, 6.07) is 7.22. The Balaban J connectivity index is 2.25. The Bertz CT molecular complexity index is 912. The minimum absolute atomic E-state index is 0.0417. The van der Waals surface area contributed by atoms with Gasteiger partial charge in [0.05, 0.1) is 0 Å². The fourth-order valence-corrected chi connectivity index (χ4v) is 2.72. The number of halogens is 3. The van der Waals surface area contributed by atoms with Crippen LogP contribution in [0.2, 0.25) is 0 Å². The van der Waals surface area contributed by atoms with Crippen LogP contribution in [0.1, 0.15) is 30.2 Å². The monoisotopic (exact) mass is 317 g/mol. The van der Waals surface area contributed by atoms with E-state index < -0.39 is 17.5 Å². The molecule has 0 N–H and O–H groups in total. The van der Waals surface area contributed by atoms with Gasteiger partial charge in [-0.05, 0) is 43.7 Å². The minimum Gasteiger partial charge on any atom is -0.344 e. The second-order valence-electron chi connectivity index (χ2n) is 5.66. The molecular formula is C18H14F3NO. The lowest BCUT2D eigenvalue weighted by Crippen LogP contribution is -1.98. The molecule has 0 aliphatic carbocycles. The number of nitrogens with zero attached hydrogens (tertiary/aromatic N) is 1. The van der Waals surface area contributed by atoms with Crippen LogP contribution >= 0.6 is 0 Å². The highest BCUT2D eigenvalue weighted by Gasteiger charge is 2.17. The number of aromatic nitrogens is 1. The molecule has 23 heavy (non-hydrogen) atoms. The Morgan fingerprint density at radius 2 is 1.78 bits per heavy atom. The first kappa shape index (κ1) is 15.3. The van der Waals surface area contributed by atoms with Gasteiger partial charge in [0.1, 0.15) is 0 Å². The molecule has 0 radical (unpaired) electrons. The second kappa shape index (κ2) is 5.57. The molecule has 0 saturated carbocycles. The number of benzene rings is 2. The van der Waals surface area contributed by atoms with Crippen molar-refractivity contribution in [2.24, 2.45) is 0 Å². The quantitative estimate of drug-likeness (QED) is 0.485. The van der Waals surface area contributed by atoms with Crippen LogP contribution in [0.4, 0.5) is 13.2 Å². The predicted octanol–water partition coefficient (Wildman–Crippen LogP) is 5.12. The Labute approximate surface area is 131 Å². The van der Waals surface area contributed by atoms with Crippen molar-refractivity contribution in [2.45, 2.75) is 19.9 Å². The van der Waals surface area contributed by atoms with E-state index in [1.165, 1.54) is 6.07 Å². The Hall–Kier alpha value is -2.56. The predicted molar refractivity (Wildman–Crippen MR) is 83.0 cm³/mol. The van der Waals surface area contributed by atoms with Gasteiger partial charge in [-0.15, -0.1) is 0 Å². The lowest BCUT2D eigenvalue weighted by molar-refractivity contribution is 0.112. The van der Waals surface area contributed by atoms with Crippen molar-refractivity contribution < 1.29 is 18.0 Å². The maximum atomic E-state index is 14.0. The number of hydrogen-bond donors (Lipinski definition) is 0.